The molecule has 1 aliphatic heterocycles. The molecule has 2 heterocycles. The lowest BCUT2D eigenvalue weighted by atomic mass is 9.93. The van der Waals surface area contributed by atoms with Crippen molar-refractivity contribution in [3.8, 4) is 0 Å². The van der Waals surface area contributed by atoms with E-state index in [9.17, 15) is 14.4 Å². The number of fused-ring (bicyclic) bond motifs is 1. The van der Waals surface area contributed by atoms with Gasteiger partial charge >= 0.3 is 5.97 Å². The summed E-state index contributed by atoms with van der Waals surface area (Å²) in [4.78, 5) is 39.3. The van der Waals surface area contributed by atoms with E-state index in [-0.39, 0.29) is 29.4 Å². The minimum atomic E-state index is -0.192. The minimum absolute atomic E-state index is 0.0126. The predicted octanol–water partition coefficient (Wildman–Crippen LogP) is 2.75. The van der Waals surface area contributed by atoms with Gasteiger partial charge in [-0.2, -0.15) is 0 Å². The van der Waals surface area contributed by atoms with Crippen LogP contribution in [0.3, 0.4) is 0 Å². The van der Waals surface area contributed by atoms with Crippen molar-refractivity contribution >= 4 is 22.6 Å². The Morgan fingerprint density at radius 1 is 1.07 bits per heavy atom. The maximum Gasteiger partial charge on any atom is 0.305 e. The molecule has 142 valence electrons. The van der Waals surface area contributed by atoms with Crippen LogP contribution in [0.1, 0.15) is 48.5 Å². The Labute approximate surface area is 157 Å². The summed E-state index contributed by atoms with van der Waals surface area (Å²) < 4.78 is 6.48. The van der Waals surface area contributed by atoms with Crippen molar-refractivity contribution < 1.29 is 14.3 Å². The molecule has 1 aliphatic carbocycles. The number of carbonyl (C=O) groups is 2. The lowest BCUT2D eigenvalue weighted by molar-refractivity contribution is -0.142. The number of aromatic nitrogens is 1. The Balaban J connectivity index is 1.59. The second-order valence-corrected chi connectivity index (χ2v) is 7.55. The Kier molecular flexibility index (Phi) is 4.72. The molecule has 6 heteroatoms. The first-order valence-corrected chi connectivity index (χ1v) is 9.58. The zero-order chi connectivity index (χ0) is 19.0. The van der Waals surface area contributed by atoms with E-state index in [1.807, 2.05) is 23.1 Å². The van der Waals surface area contributed by atoms with Crippen molar-refractivity contribution in [1.82, 2.24) is 9.47 Å². The van der Waals surface area contributed by atoms with Crippen LogP contribution in [-0.2, 0) is 9.53 Å². The Morgan fingerprint density at radius 3 is 2.37 bits per heavy atom. The number of carbonyl (C=O) groups excluding carboxylic acids is 2. The largest absolute Gasteiger partial charge is 0.469 e. The highest BCUT2D eigenvalue weighted by atomic mass is 16.5. The van der Waals surface area contributed by atoms with E-state index in [4.69, 9.17) is 4.74 Å². The second-order valence-electron chi connectivity index (χ2n) is 7.55. The third-order valence-corrected chi connectivity index (χ3v) is 5.71. The van der Waals surface area contributed by atoms with Gasteiger partial charge in [0.2, 0.25) is 0 Å². The van der Waals surface area contributed by atoms with Crippen molar-refractivity contribution in [3.05, 3.63) is 46.4 Å². The molecule has 0 N–H and O–H groups in total. The number of nitrogens with zero attached hydrogens (tertiary/aromatic N) is 2. The van der Waals surface area contributed by atoms with Crippen molar-refractivity contribution in [2.24, 2.45) is 5.92 Å². The van der Waals surface area contributed by atoms with E-state index in [1.165, 1.54) is 7.11 Å². The minimum Gasteiger partial charge on any atom is -0.469 e. The molecule has 1 aromatic heterocycles. The van der Waals surface area contributed by atoms with Crippen LogP contribution in [0, 0.1) is 5.92 Å². The molecule has 27 heavy (non-hydrogen) atoms. The van der Waals surface area contributed by atoms with E-state index in [2.05, 4.69) is 0 Å². The second kappa shape index (κ2) is 7.18. The molecule has 1 aromatic carbocycles. The number of benzene rings is 1. The number of piperidine rings is 1. The van der Waals surface area contributed by atoms with Crippen LogP contribution in [0.2, 0.25) is 0 Å². The Hall–Kier alpha value is -2.63. The summed E-state index contributed by atoms with van der Waals surface area (Å²) in [6.45, 7) is 1.24. The van der Waals surface area contributed by atoms with Crippen LogP contribution in [-0.4, -0.2) is 41.5 Å². The molecule has 1 saturated carbocycles. The van der Waals surface area contributed by atoms with Crippen LogP contribution in [0.25, 0.3) is 10.8 Å². The number of pyridine rings is 1. The Morgan fingerprint density at radius 2 is 1.74 bits per heavy atom. The first-order chi connectivity index (χ1) is 13.1. The first kappa shape index (κ1) is 17.8. The highest BCUT2D eigenvalue weighted by molar-refractivity contribution is 6.06. The van der Waals surface area contributed by atoms with Crippen molar-refractivity contribution in [3.63, 3.8) is 0 Å². The maximum absolute atomic E-state index is 13.2. The van der Waals surface area contributed by atoms with Gasteiger partial charge in [0, 0.05) is 42.5 Å². The smallest absolute Gasteiger partial charge is 0.305 e. The molecule has 0 unspecified atom stereocenters. The first-order valence-electron chi connectivity index (χ1n) is 9.58. The summed E-state index contributed by atoms with van der Waals surface area (Å²) in [6, 6.07) is 7.58. The third kappa shape index (κ3) is 3.48. The Bertz CT molecular complexity index is 937. The van der Waals surface area contributed by atoms with Gasteiger partial charge in [0.25, 0.3) is 11.5 Å². The average Bonchev–Trinajstić information content (AvgIpc) is 3.53. The fourth-order valence-corrected chi connectivity index (χ4v) is 3.93. The molecule has 1 amide bonds. The monoisotopic (exact) mass is 368 g/mol. The topological polar surface area (TPSA) is 68.6 Å². The molecule has 0 atom stereocenters. The van der Waals surface area contributed by atoms with E-state index < -0.39 is 0 Å². The number of likely N-dealkylation sites (tertiary alicyclic amines) is 1. The maximum atomic E-state index is 13.2. The summed E-state index contributed by atoms with van der Waals surface area (Å²) in [5.41, 5.74) is 0.588. The molecule has 4 rings (SSSR count). The van der Waals surface area contributed by atoms with Gasteiger partial charge in [0.1, 0.15) is 0 Å². The molecule has 0 radical (unpaired) electrons. The van der Waals surface area contributed by atoms with Gasteiger partial charge < -0.3 is 14.2 Å². The normalized spacial score (nSPS) is 17.9. The molecular weight excluding hydrogens is 344 g/mol. The highest BCUT2D eigenvalue weighted by Crippen LogP contribution is 2.34. The molecular formula is C21H24N2O4. The zero-order valence-corrected chi connectivity index (χ0v) is 15.5. The van der Waals surface area contributed by atoms with Gasteiger partial charge in [-0.3, -0.25) is 14.4 Å². The summed E-state index contributed by atoms with van der Waals surface area (Å²) in [6.07, 6.45) is 5.73. The van der Waals surface area contributed by atoms with E-state index in [1.54, 1.807) is 16.8 Å². The molecule has 0 spiro atoms. The third-order valence-electron chi connectivity index (χ3n) is 5.71. The number of hydrogen-bond donors (Lipinski definition) is 0. The van der Waals surface area contributed by atoms with Gasteiger partial charge in [0.05, 0.1) is 12.7 Å². The highest BCUT2D eigenvalue weighted by Gasteiger charge is 2.30. The molecule has 2 aromatic rings. The van der Waals surface area contributed by atoms with Crippen molar-refractivity contribution in [1.29, 1.82) is 0 Å². The van der Waals surface area contributed by atoms with Gasteiger partial charge in [-0.1, -0.05) is 18.2 Å². The van der Waals surface area contributed by atoms with Crippen LogP contribution < -0.4 is 5.56 Å². The lowest BCUT2D eigenvalue weighted by Gasteiger charge is -2.32. The van der Waals surface area contributed by atoms with E-state index in [0.29, 0.717) is 30.5 Å². The van der Waals surface area contributed by atoms with Crippen LogP contribution in [0.5, 0.6) is 0 Å². The van der Waals surface area contributed by atoms with Gasteiger partial charge in [-0.15, -0.1) is 0 Å². The summed E-state index contributed by atoms with van der Waals surface area (Å²) >= 11 is 0. The fraction of sp³-hybridized carbons (Fsp3) is 0.476. The number of esters is 1. The number of rotatable bonds is 4. The number of methoxy groups -OCH3 is 1. The fourth-order valence-electron chi connectivity index (χ4n) is 3.93. The van der Waals surface area contributed by atoms with E-state index >= 15 is 0 Å². The lowest BCUT2D eigenvalue weighted by Crippen LogP contribution is -2.39. The summed E-state index contributed by atoms with van der Waals surface area (Å²) in [5.74, 6) is 0.0399. The molecule has 2 aliphatic rings. The average molecular weight is 368 g/mol. The van der Waals surface area contributed by atoms with Crippen LogP contribution in [0.15, 0.2) is 35.3 Å². The number of ether oxygens (including phenoxy) is 1. The summed E-state index contributed by atoms with van der Waals surface area (Å²) in [7, 11) is 1.40. The number of hydrogen-bond acceptors (Lipinski definition) is 4. The van der Waals surface area contributed by atoms with Crippen LogP contribution in [0.4, 0.5) is 0 Å². The van der Waals surface area contributed by atoms with E-state index in [0.717, 1.165) is 31.1 Å². The molecule has 0 bridgehead atoms. The SMILES string of the molecule is COC(=O)CC1CCN(C(=O)c2cn(C3CC3)c(=O)c3ccccc23)CC1. The number of amides is 1. The molecule has 1 saturated heterocycles. The standard InChI is InChI=1S/C21H24N2O4/c1-27-19(24)12-14-8-10-22(11-9-14)20(25)18-13-23(15-6-7-15)21(26)17-5-3-2-4-16(17)18/h2-5,13-15H,6-12H2,1H3. The van der Waals surface area contributed by atoms with Crippen LogP contribution >= 0.6 is 0 Å². The zero-order valence-electron chi connectivity index (χ0n) is 15.5. The molecule has 6 nitrogen and oxygen atoms in total. The van der Waals surface area contributed by atoms with Gasteiger partial charge in [0.15, 0.2) is 0 Å². The summed E-state index contributed by atoms with van der Waals surface area (Å²) in [5, 5.41) is 1.33. The quantitative estimate of drug-likeness (QED) is 0.778. The van der Waals surface area contributed by atoms with Crippen molar-refractivity contribution in [2.45, 2.75) is 38.1 Å². The van der Waals surface area contributed by atoms with Gasteiger partial charge in [-0.05, 0) is 37.7 Å². The van der Waals surface area contributed by atoms with Gasteiger partial charge in [-0.25, -0.2) is 0 Å². The predicted molar refractivity (Wildman–Crippen MR) is 102 cm³/mol. The van der Waals surface area contributed by atoms with Crippen molar-refractivity contribution in [2.75, 3.05) is 20.2 Å². The molecule has 2 fully saturated rings.